The molecule has 1 rings (SSSR count). The summed E-state index contributed by atoms with van der Waals surface area (Å²) in [6.45, 7) is 5.28. The molecular formula is C15H20O3. The van der Waals surface area contributed by atoms with Gasteiger partial charge >= 0.3 is 5.97 Å². The molecule has 0 saturated heterocycles. The summed E-state index contributed by atoms with van der Waals surface area (Å²) in [7, 11) is 1.29. The van der Waals surface area contributed by atoms with Crippen LogP contribution in [0, 0.1) is 5.41 Å². The number of benzene rings is 1. The molecule has 0 atom stereocenters. The lowest BCUT2D eigenvalue weighted by Crippen LogP contribution is -2.34. The third-order valence-electron chi connectivity index (χ3n) is 3.02. The summed E-state index contributed by atoms with van der Waals surface area (Å²) in [5, 5.41) is 0. The number of ketones is 1. The Morgan fingerprint density at radius 2 is 1.72 bits per heavy atom. The minimum atomic E-state index is -1.14. The first-order chi connectivity index (χ1) is 8.43. The van der Waals surface area contributed by atoms with Gasteiger partial charge in [0.25, 0.3) is 0 Å². The summed E-state index contributed by atoms with van der Waals surface area (Å²) in [6, 6.07) is 7.42. The highest BCUT2D eigenvalue weighted by Gasteiger charge is 2.37. The summed E-state index contributed by atoms with van der Waals surface area (Å²) in [4.78, 5) is 23.8. The SMILES string of the molecule is CCCc1ccc(C(=O)C(C)(C)C(=O)OC)cc1. The molecule has 1 aromatic carbocycles. The summed E-state index contributed by atoms with van der Waals surface area (Å²) in [5.41, 5.74) is 0.608. The van der Waals surface area contributed by atoms with Gasteiger partial charge < -0.3 is 4.74 Å². The second-order valence-electron chi connectivity index (χ2n) is 4.89. The molecule has 18 heavy (non-hydrogen) atoms. The number of carbonyl (C=O) groups is 2. The first-order valence-electron chi connectivity index (χ1n) is 6.15. The predicted molar refractivity (Wildman–Crippen MR) is 70.6 cm³/mol. The Morgan fingerprint density at radius 1 is 1.17 bits per heavy atom. The number of ether oxygens (including phenoxy) is 1. The molecular weight excluding hydrogens is 228 g/mol. The van der Waals surface area contributed by atoms with Crippen molar-refractivity contribution in [3.8, 4) is 0 Å². The molecule has 0 aliphatic carbocycles. The molecule has 0 heterocycles. The lowest BCUT2D eigenvalue weighted by Gasteiger charge is -2.19. The van der Waals surface area contributed by atoms with Crippen LogP contribution in [0.25, 0.3) is 0 Å². The molecule has 0 aromatic heterocycles. The number of methoxy groups -OCH3 is 1. The summed E-state index contributed by atoms with van der Waals surface area (Å²) < 4.78 is 4.66. The van der Waals surface area contributed by atoms with Gasteiger partial charge in [-0.3, -0.25) is 9.59 Å². The van der Waals surface area contributed by atoms with Crippen LogP contribution in [0.15, 0.2) is 24.3 Å². The van der Waals surface area contributed by atoms with Crippen LogP contribution in [-0.4, -0.2) is 18.9 Å². The summed E-state index contributed by atoms with van der Waals surface area (Å²) in [5.74, 6) is -0.720. The Labute approximate surface area is 108 Å². The Morgan fingerprint density at radius 3 is 2.17 bits per heavy atom. The molecule has 0 N–H and O–H groups in total. The molecule has 0 unspecified atom stereocenters. The number of Topliss-reactive ketones (excluding diaryl/α,β-unsaturated/α-hetero) is 1. The summed E-state index contributed by atoms with van der Waals surface area (Å²) in [6.07, 6.45) is 2.07. The zero-order valence-electron chi connectivity index (χ0n) is 11.4. The van der Waals surface area contributed by atoms with Crippen molar-refractivity contribution in [3.05, 3.63) is 35.4 Å². The quantitative estimate of drug-likeness (QED) is 0.457. The van der Waals surface area contributed by atoms with Crippen LogP contribution in [0.2, 0.25) is 0 Å². The number of carbonyl (C=O) groups excluding carboxylic acids is 2. The number of aryl methyl sites for hydroxylation is 1. The van der Waals surface area contributed by atoms with Gasteiger partial charge in [-0.2, -0.15) is 0 Å². The number of esters is 1. The van der Waals surface area contributed by atoms with E-state index in [0.29, 0.717) is 5.56 Å². The molecule has 0 spiro atoms. The molecule has 0 radical (unpaired) electrons. The zero-order valence-corrected chi connectivity index (χ0v) is 11.4. The maximum absolute atomic E-state index is 12.2. The molecule has 0 fully saturated rings. The van der Waals surface area contributed by atoms with Crippen LogP contribution < -0.4 is 0 Å². The highest BCUT2D eigenvalue weighted by Crippen LogP contribution is 2.23. The van der Waals surface area contributed by atoms with E-state index in [1.807, 2.05) is 12.1 Å². The number of hydrogen-bond acceptors (Lipinski definition) is 3. The molecule has 0 aliphatic rings. The average Bonchev–Trinajstić information content (AvgIpc) is 2.38. The number of rotatable bonds is 5. The van der Waals surface area contributed by atoms with Crippen LogP contribution in [0.1, 0.15) is 43.1 Å². The fourth-order valence-corrected chi connectivity index (χ4v) is 1.82. The van der Waals surface area contributed by atoms with Crippen molar-refractivity contribution in [2.24, 2.45) is 5.41 Å². The Bertz CT molecular complexity index is 430. The lowest BCUT2D eigenvalue weighted by atomic mass is 9.84. The van der Waals surface area contributed by atoms with E-state index in [2.05, 4.69) is 11.7 Å². The highest BCUT2D eigenvalue weighted by molar-refractivity contribution is 6.11. The van der Waals surface area contributed by atoms with Crippen LogP contribution in [0.3, 0.4) is 0 Å². The van der Waals surface area contributed by atoms with E-state index in [1.54, 1.807) is 26.0 Å². The van der Waals surface area contributed by atoms with Gasteiger partial charge in [0.2, 0.25) is 0 Å². The van der Waals surface area contributed by atoms with Crippen LogP contribution in [-0.2, 0) is 16.0 Å². The predicted octanol–water partition coefficient (Wildman–Crippen LogP) is 3.02. The molecule has 3 nitrogen and oxygen atoms in total. The monoisotopic (exact) mass is 248 g/mol. The van der Waals surface area contributed by atoms with Crippen molar-refractivity contribution in [1.29, 1.82) is 0 Å². The molecule has 98 valence electrons. The first-order valence-corrected chi connectivity index (χ1v) is 6.15. The van der Waals surface area contributed by atoms with E-state index in [1.165, 1.54) is 12.7 Å². The topological polar surface area (TPSA) is 43.4 Å². The van der Waals surface area contributed by atoms with Crippen LogP contribution >= 0.6 is 0 Å². The molecule has 0 amide bonds. The Balaban J connectivity index is 2.93. The van der Waals surface area contributed by atoms with E-state index in [-0.39, 0.29) is 5.78 Å². The van der Waals surface area contributed by atoms with Crippen molar-refractivity contribution < 1.29 is 14.3 Å². The van der Waals surface area contributed by atoms with Gasteiger partial charge in [-0.15, -0.1) is 0 Å². The van der Waals surface area contributed by atoms with Gasteiger partial charge in [0.05, 0.1) is 7.11 Å². The van der Waals surface area contributed by atoms with Gasteiger partial charge in [0, 0.05) is 5.56 Å². The van der Waals surface area contributed by atoms with Crippen LogP contribution in [0.5, 0.6) is 0 Å². The maximum Gasteiger partial charge on any atom is 0.319 e. The first kappa shape index (κ1) is 14.4. The van der Waals surface area contributed by atoms with E-state index in [4.69, 9.17) is 0 Å². The van der Waals surface area contributed by atoms with E-state index in [0.717, 1.165) is 12.8 Å². The van der Waals surface area contributed by atoms with Crippen molar-refractivity contribution >= 4 is 11.8 Å². The molecule has 0 bridgehead atoms. The average molecular weight is 248 g/mol. The minimum absolute atomic E-state index is 0.211. The number of hydrogen-bond donors (Lipinski definition) is 0. The lowest BCUT2D eigenvalue weighted by molar-refractivity contribution is -0.147. The molecule has 0 saturated carbocycles. The Kier molecular flexibility index (Phi) is 4.65. The normalized spacial score (nSPS) is 11.1. The molecule has 1 aromatic rings. The van der Waals surface area contributed by atoms with E-state index in [9.17, 15) is 9.59 Å². The second kappa shape index (κ2) is 5.80. The van der Waals surface area contributed by atoms with Gasteiger partial charge in [-0.05, 0) is 25.8 Å². The van der Waals surface area contributed by atoms with E-state index >= 15 is 0 Å². The van der Waals surface area contributed by atoms with Crippen molar-refractivity contribution in [2.75, 3.05) is 7.11 Å². The van der Waals surface area contributed by atoms with Gasteiger partial charge in [-0.25, -0.2) is 0 Å². The second-order valence-corrected chi connectivity index (χ2v) is 4.89. The van der Waals surface area contributed by atoms with Gasteiger partial charge in [-0.1, -0.05) is 37.6 Å². The molecule has 0 aliphatic heterocycles. The smallest absolute Gasteiger partial charge is 0.319 e. The van der Waals surface area contributed by atoms with Gasteiger partial charge in [0.1, 0.15) is 5.41 Å². The van der Waals surface area contributed by atoms with Crippen molar-refractivity contribution in [3.63, 3.8) is 0 Å². The summed E-state index contributed by atoms with van der Waals surface area (Å²) >= 11 is 0. The van der Waals surface area contributed by atoms with Crippen LogP contribution in [0.4, 0.5) is 0 Å². The zero-order chi connectivity index (χ0) is 13.8. The minimum Gasteiger partial charge on any atom is -0.468 e. The highest BCUT2D eigenvalue weighted by atomic mass is 16.5. The standard InChI is InChI=1S/C15H20O3/c1-5-6-11-7-9-12(10-8-11)13(16)15(2,3)14(17)18-4/h7-10H,5-6H2,1-4H3. The Hall–Kier alpha value is -1.64. The van der Waals surface area contributed by atoms with Gasteiger partial charge in [0.15, 0.2) is 5.78 Å². The fourth-order valence-electron chi connectivity index (χ4n) is 1.82. The third kappa shape index (κ3) is 2.97. The fraction of sp³-hybridized carbons (Fsp3) is 0.467. The van der Waals surface area contributed by atoms with E-state index < -0.39 is 11.4 Å². The molecule has 3 heteroatoms. The maximum atomic E-state index is 12.2. The van der Waals surface area contributed by atoms with Crippen molar-refractivity contribution in [2.45, 2.75) is 33.6 Å². The third-order valence-corrected chi connectivity index (χ3v) is 3.02. The largest absolute Gasteiger partial charge is 0.468 e. The van der Waals surface area contributed by atoms with Crippen molar-refractivity contribution in [1.82, 2.24) is 0 Å².